The number of rotatable bonds is 16. The van der Waals surface area contributed by atoms with Crippen molar-refractivity contribution in [1.82, 2.24) is 10.2 Å². The summed E-state index contributed by atoms with van der Waals surface area (Å²) in [5.41, 5.74) is 1.90. The molecular weight excluding hydrogens is 622 g/mol. The van der Waals surface area contributed by atoms with Gasteiger partial charge in [-0.15, -0.1) is 0 Å². The Morgan fingerprint density at radius 1 is 0.826 bits per heavy atom. The van der Waals surface area contributed by atoms with Gasteiger partial charge in [0.05, 0.1) is 17.2 Å². The van der Waals surface area contributed by atoms with E-state index in [1.54, 1.807) is 66.7 Å². The van der Waals surface area contributed by atoms with Crippen LogP contribution in [0.2, 0.25) is 5.02 Å². The van der Waals surface area contributed by atoms with Gasteiger partial charge in [-0.25, -0.2) is 8.42 Å². The van der Waals surface area contributed by atoms with Gasteiger partial charge < -0.3 is 15.0 Å². The zero-order valence-corrected chi connectivity index (χ0v) is 27.7. The van der Waals surface area contributed by atoms with Gasteiger partial charge in [-0.05, 0) is 73.0 Å². The van der Waals surface area contributed by atoms with E-state index < -0.39 is 28.5 Å². The smallest absolute Gasteiger partial charge is 0.264 e. The fourth-order valence-corrected chi connectivity index (χ4v) is 6.53. The molecule has 46 heavy (non-hydrogen) atoms. The summed E-state index contributed by atoms with van der Waals surface area (Å²) in [5, 5.41) is 3.53. The van der Waals surface area contributed by atoms with Crippen molar-refractivity contribution in [3.05, 3.63) is 125 Å². The summed E-state index contributed by atoms with van der Waals surface area (Å²) in [7, 11) is -4.18. The molecule has 0 heterocycles. The van der Waals surface area contributed by atoms with E-state index in [2.05, 4.69) is 5.32 Å². The lowest BCUT2D eigenvalue weighted by molar-refractivity contribution is -0.140. The Labute approximate surface area is 277 Å². The Kier molecular flexibility index (Phi) is 12.6. The predicted molar refractivity (Wildman–Crippen MR) is 182 cm³/mol. The van der Waals surface area contributed by atoms with Crippen LogP contribution >= 0.6 is 11.6 Å². The lowest BCUT2D eigenvalue weighted by Gasteiger charge is -2.34. The maximum atomic E-state index is 14.5. The average molecular weight is 662 g/mol. The van der Waals surface area contributed by atoms with Gasteiger partial charge in [-0.2, -0.15) is 0 Å². The molecule has 4 aromatic rings. The number of nitrogens with zero attached hydrogens (tertiary/aromatic N) is 2. The van der Waals surface area contributed by atoms with Crippen molar-refractivity contribution in [2.45, 2.75) is 50.6 Å². The minimum atomic E-state index is -4.18. The molecule has 0 fully saturated rings. The maximum Gasteiger partial charge on any atom is 0.264 e. The summed E-state index contributed by atoms with van der Waals surface area (Å²) < 4.78 is 34.8. The highest BCUT2D eigenvalue weighted by Gasteiger charge is 2.34. The quantitative estimate of drug-likeness (QED) is 0.139. The van der Waals surface area contributed by atoms with E-state index >= 15 is 0 Å². The van der Waals surface area contributed by atoms with Crippen LogP contribution in [-0.4, -0.2) is 50.9 Å². The van der Waals surface area contributed by atoms with Crippen molar-refractivity contribution < 1.29 is 22.7 Å². The Hall–Kier alpha value is -4.34. The fourth-order valence-electron chi connectivity index (χ4n) is 4.97. The highest BCUT2D eigenvalue weighted by molar-refractivity contribution is 7.92. The second-order valence-corrected chi connectivity index (χ2v) is 13.0. The Balaban J connectivity index is 1.77. The molecule has 0 bridgehead atoms. The Morgan fingerprint density at radius 2 is 1.46 bits per heavy atom. The third-order valence-electron chi connectivity index (χ3n) is 7.41. The lowest BCUT2D eigenvalue weighted by atomic mass is 10.0. The third-order valence-corrected chi connectivity index (χ3v) is 9.45. The number of unbranched alkanes of at least 4 members (excludes halogenated alkanes) is 1. The maximum absolute atomic E-state index is 14.5. The molecule has 0 unspecified atom stereocenters. The van der Waals surface area contributed by atoms with Crippen molar-refractivity contribution in [3.63, 3.8) is 0 Å². The minimum Gasteiger partial charge on any atom is -0.494 e. The minimum absolute atomic E-state index is 0.0408. The SMILES string of the molecule is CCCCNC(=O)[C@@H](Cc1ccccc1)N(Cc1ccc(Cl)cc1)C(=O)CN(c1ccc(OCC)cc1)S(=O)(=O)c1ccccc1. The molecule has 10 heteroatoms. The van der Waals surface area contributed by atoms with Crippen LogP contribution in [0, 0.1) is 0 Å². The van der Waals surface area contributed by atoms with Gasteiger partial charge in [0.25, 0.3) is 10.0 Å². The number of carbonyl (C=O) groups excluding carboxylic acids is 2. The van der Waals surface area contributed by atoms with E-state index in [1.165, 1.54) is 17.0 Å². The van der Waals surface area contributed by atoms with Gasteiger partial charge in [0.2, 0.25) is 11.8 Å². The molecule has 0 saturated heterocycles. The number of anilines is 1. The van der Waals surface area contributed by atoms with Gasteiger partial charge in [-0.1, -0.05) is 85.6 Å². The number of hydrogen-bond acceptors (Lipinski definition) is 5. The molecule has 0 aliphatic rings. The Bertz CT molecular complexity index is 1650. The topological polar surface area (TPSA) is 96.0 Å². The molecule has 0 aliphatic heterocycles. The number of ether oxygens (including phenoxy) is 1. The van der Waals surface area contributed by atoms with Gasteiger partial charge in [-0.3, -0.25) is 13.9 Å². The first-order valence-electron chi connectivity index (χ1n) is 15.4. The number of benzene rings is 4. The molecule has 242 valence electrons. The standard InChI is InChI=1S/C36H40ClN3O5S/c1-3-5-24-38-36(42)34(25-28-12-8-6-9-13-28)39(26-29-16-18-30(37)19-17-29)35(41)27-40(31-20-22-32(23-21-31)45-4-2)46(43,44)33-14-10-7-11-15-33/h6-23,34H,3-5,24-27H2,1-2H3,(H,38,42)/t34-/m1/s1. The van der Waals surface area contributed by atoms with Crippen LogP contribution in [0.3, 0.4) is 0 Å². The van der Waals surface area contributed by atoms with Crippen LogP contribution in [-0.2, 0) is 32.6 Å². The summed E-state index contributed by atoms with van der Waals surface area (Å²) in [6, 6.07) is 30.1. The molecule has 0 saturated carbocycles. The molecule has 0 radical (unpaired) electrons. The molecule has 0 aromatic heterocycles. The Morgan fingerprint density at radius 3 is 2.07 bits per heavy atom. The molecule has 2 amide bonds. The first-order chi connectivity index (χ1) is 22.2. The molecule has 0 spiro atoms. The second-order valence-electron chi connectivity index (χ2n) is 10.7. The van der Waals surface area contributed by atoms with Crippen LogP contribution in [0.5, 0.6) is 5.75 Å². The van der Waals surface area contributed by atoms with Gasteiger partial charge in [0.1, 0.15) is 18.3 Å². The summed E-state index contributed by atoms with van der Waals surface area (Å²) >= 11 is 6.15. The van der Waals surface area contributed by atoms with Crippen LogP contribution in [0.25, 0.3) is 0 Å². The fraction of sp³-hybridized carbons (Fsp3) is 0.278. The molecular formula is C36H40ClN3O5S. The summed E-state index contributed by atoms with van der Waals surface area (Å²) in [5.74, 6) is -0.265. The van der Waals surface area contributed by atoms with E-state index in [9.17, 15) is 18.0 Å². The molecule has 0 aliphatic carbocycles. The van der Waals surface area contributed by atoms with Crippen LogP contribution in [0.4, 0.5) is 5.69 Å². The van der Waals surface area contributed by atoms with E-state index in [0.717, 1.165) is 28.3 Å². The van der Waals surface area contributed by atoms with Crippen molar-refractivity contribution >= 4 is 39.1 Å². The molecule has 1 atom stereocenters. The zero-order chi connectivity index (χ0) is 32.9. The molecule has 4 aromatic carbocycles. The number of nitrogens with one attached hydrogen (secondary N) is 1. The molecule has 8 nitrogen and oxygen atoms in total. The van der Waals surface area contributed by atoms with Gasteiger partial charge in [0.15, 0.2) is 0 Å². The van der Waals surface area contributed by atoms with E-state index in [-0.39, 0.29) is 23.8 Å². The summed E-state index contributed by atoms with van der Waals surface area (Å²) in [6.45, 7) is 4.34. The monoisotopic (exact) mass is 661 g/mol. The van der Waals surface area contributed by atoms with E-state index in [0.29, 0.717) is 29.6 Å². The van der Waals surface area contributed by atoms with E-state index in [4.69, 9.17) is 16.3 Å². The zero-order valence-electron chi connectivity index (χ0n) is 26.1. The number of sulfonamides is 1. The number of halogens is 1. The summed E-state index contributed by atoms with van der Waals surface area (Å²) in [6.07, 6.45) is 1.92. The highest BCUT2D eigenvalue weighted by atomic mass is 35.5. The van der Waals surface area contributed by atoms with Gasteiger partial charge >= 0.3 is 0 Å². The first kappa shape index (κ1) is 34.5. The highest BCUT2D eigenvalue weighted by Crippen LogP contribution is 2.27. The van der Waals surface area contributed by atoms with Crippen LogP contribution in [0.1, 0.15) is 37.8 Å². The number of amides is 2. The molecule has 1 N–H and O–H groups in total. The van der Waals surface area contributed by atoms with Crippen molar-refractivity contribution in [2.24, 2.45) is 0 Å². The van der Waals surface area contributed by atoms with Crippen LogP contribution < -0.4 is 14.4 Å². The number of carbonyl (C=O) groups is 2. The van der Waals surface area contributed by atoms with Crippen LogP contribution in [0.15, 0.2) is 114 Å². The van der Waals surface area contributed by atoms with Crippen molar-refractivity contribution in [2.75, 3.05) is 24.0 Å². The van der Waals surface area contributed by atoms with Gasteiger partial charge in [0, 0.05) is 24.5 Å². The second kappa shape index (κ2) is 16.8. The van der Waals surface area contributed by atoms with E-state index in [1.807, 2.05) is 44.2 Å². The van der Waals surface area contributed by atoms with Crippen molar-refractivity contribution in [3.8, 4) is 5.75 Å². The molecule has 4 rings (SSSR count). The third kappa shape index (κ3) is 9.34. The lowest BCUT2D eigenvalue weighted by Crippen LogP contribution is -2.53. The normalized spacial score (nSPS) is 11.8. The number of hydrogen-bond donors (Lipinski definition) is 1. The first-order valence-corrected chi connectivity index (χ1v) is 17.2. The largest absolute Gasteiger partial charge is 0.494 e. The average Bonchev–Trinajstić information content (AvgIpc) is 3.07. The predicted octanol–water partition coefficient (Wildman–Crippen LogP) is 6.49. The van der Waals surface area contributed by atoms with Crippen molar-refractivity contribution in [1.29, 1.82) is 0 Å². The summed E-state index contributed by atoms with van der Waals surface area (Å²) in [4.78, 5) is 29.8.